The number of carbonyl (C=O) groups is 2. The van der Waals surface area contributed by atoms with E-state index >= 15 is 0 Å². The molecule has 0 aliphatic carbocycles. The van der Waals surface area contributed by atoms with Gasteiger partial charge in [0.15, 0.2) is 0 Å². The first kappa shape index (κ1) is 15.7. The normalized spacial score (nSPS) is 28.6. The van der Waals surface area contributed by atoms with Crippen molar-refractivity contribution in [3.8, 4) is 0 Å². The molecule has 4 nitrogen and oxygen atoms in total. The number of Topliss-reactive ketones (excluding diaryl/α,β-unsaturated/α-hetero) is 1. The van der Waals surface area contributed by atoms with Gasteiger partial charge in [0.25, 0.3) is 0 Å². The lowest BCUT2D eigenvalue weighted by Crippen LogP contribution is -2.47. The van der Waals surface area contributed by atoms with Crippen molar-refractivity contribution in [1.29, 1.82) is 0 Å². The topological polar surface area (TPSA) is 55.4 Å². The van der Waals surface area contributed by atoms with Gasteiger partial charge in [0, 0.05) is 12.0 Å². The smallest absolute Gasteiger partial charge is 0.326 e. The van der Waals surface area contributed by atoms with Crippen LogP contribution in [0.2, 0.25) is 0 Å². The lowest BCUT2D eigenvalue weighted by atomic mass is 9.87. The molecule has 1 N–H and O–H groups in total. The summed E-state index contributed by atoms with van der Waals surface area (Å²) in [5, 5.41) is 3.32. The summed E-state index contributed by atoms with van der Waals surface area (Å²) in [6.45, 7) is 7.05. The largest absolute Gasteiger partial charge is 0.462 e. The zero-order valence-corrected chi connectivity index (χ0v) is 13.1. The maximum Gasteiger partial charge on any atom is 0.326 e. The molecule has 0 bridgehead atoms. The molecule has 1 saturated heterocycles. The Morgan fingerprint density at radius 2 is 1.90 bits per heavy atom. The van der Waals surface area contributed by atoms with Crippen LogP contribution in [0.5, 0.6) is 0 Å². The Labute approximate surface area is 125 Å². The van der Waals surface area contributed by atoms with E-state index in [1.165, 1.54) is 0 Å². The summed E-state index contributed by atoms with van der Waals surface area (Å²) in [4.78, 5) is 24.3. The minimum Gasteiger partial charge on any atom is -0.462 e. The fraction of sp³-hybridized carbons (Fsp3) is 0.529. The van der Waals surface area contributed by atoms with E-state index in [-0.39, 0.29) is 29.8 Å². The molecule has 1 fully saturated rings. The van der Waals surface area contributed by atoms with Gasteiger partial charge in [0.05, 0.1) is 6.10 Å². The molecule has 0 radical (unpaired) electrons. The van der Waals surface area contributed by atoms with E-state index in [4.69, 9.17) is 4.74 Å². The minimum absolute atomic E-state index is 0.0948. The molecule has 21 heavy (non-hydrogen) atoms. The van der Waals surface area contributed by atoms with Gasteiger partial charge in [-0.25, -0.2) is 0 Å². The Balaban J connectivity index is 2.27. The summed E-state index contributed by atoms with van der Waals surface area (Å²) in [6, 6.07) is 9.63. The van der Waals surface area contributed by atoms with Crippen LogP contribution in [0.1, 0.15) is 45.7 Å². The molecule has 2 rings (SSSR count). The zero-order chi connectivity index (χ0) is 15.6. The number of carbonyl (C=O) groups excluding carboxylic acids is 2. The number of ether oxygens (including phenoxy) is 1. The third-order valence-electron chi connectivity index (χ3n) is 3.98. The third-order valence-corrected chi connectivity index (χ3v) is 3.98. The third kappa shape index (κ3) is 3.32. The summed E-state index contributed by atoms with van der Waals surface area (Å²) in [7, 11) is 0. The molecule has 0 amide bonds. The molecule has 4 heteroatoms. The summed E-state index contributed by atoms with van der Waals surface area (Å²) >= 11 is 0. The SMILES string of the molecule is CC(=O)[C@@H]1C[C@](C)(C(=O)OC(C)C)N[C@@H]1c1ccccc1. The first-order valence-electron chi connectivity index (χ1n) is 7.37. The fourth-order valence-electron chi connectivity index (χ4n) is 2.90. The Bertz CT molecular complexity index is 526. The average molecular weight is 289 g/mol. The van der Waals surface area contributed by atoms with Crippen molar-refractivity contribution in [2.75, 3.05) is 0 Å². The predicted octanol–water partition coefficient (Wildman–Crippen LogP) is 2.64. The lowest BCUT2D eigenvalue weighted by molar-refractivity contribution is -0.154. The number of nitrogens with one attached hydrogen (secondary N) is 1. The van der Waals surface area contributed by atoms with Gasteiger partial charge >= 0.3 is 5.97 Å². The van der Waals surface area contributed by atoms with Crippen molar-refractivity contribution < 1.29 is 14.3 Å². The van der Waals surface area contributed by atoms with Crippen LogP contribution in [0, 0.1) is 5.92 Å². The number of rotatable bonds is 4. The Morgan fingerprint density at radius 3 is 2.43 bits per heavy atom. The molecule has 1 heterocycles. The van der Waals surface area contributed by atoms with Gasteiger partial charge in [-0.05, 0) is 39.7 Å². The first-order valence-corrected chi connectivity index (χ1v) is 7.37. The zero-order valence-electron chi connectivity index (χ0n) is 13.1. The van der Waals surface area contributed by atoms with Crippen molar-refractivity contribution in [3.63, 3.8) is 0 Å². The second-order valence-electron chi connectivity index (χ2n) is 6.24. The van der Waals surface area contributed by atoms with E-state index in [1.54, 1.807) is 6.92 Å². The van der Waals surface area contributed by atoms with Gasteiger partial charge in [0.2, 0.25) is 0 Å². The van der Waals surface area contributed by atoms with E-state index in [0.29, 0.717) is 6.42 Å². The molecule has 1 aliphatic heterocycles. The number of hydrogen-bond donors (Lipinski definition) is 1. The Hall–Kier alpha value is -1.68. The number of hydrogen-bond acceptors (Lipinski definition) is 4. The standard InChI is InChI=1S/C17H23NO3/c1-11(2)21-16(20)17(4)10-14(12(3)19)15(18-17)13-8-6-5-7-9-13/h5-9,11,14-15,18H,10H2,1-4H3/t14-,15+,17+/m0/s1. The van der Waals surface area contributed by atoms with Crippen molar-refractivity contribution in [2.24, 2.45) is 5.92 Å². The van der Waals surface area contributed by atoms with E-state index in [1.807, 2.05) is 51.1 Å². The molecule has 0 unspecified atom stereocenters. The number of ketones is 1. The summed E-state index contributed by atoms with van der Waals surface area (Å²) in [5.41, 5.74) is 0.208. The lowest BCUT2D eigenvalue weighted by Gasteiger charge is -2.25. The molecule has 0 saturated carbocycles. The highest BCUT2D eigenvalue weighted by Gasteiger charge is 2.49. The predicted molar refractivity (Wildman–Crippen MR) is 80.7 cm³/mol. The maximum atomic E-state index is 12.3. The molecule has 114 valence electrons. The van der Waals surface area contributed by atoms with Gasteiger partial charge in [0.1, 0.15) is 11.3 Å². The summed E-state index contributed by atoms with van der Waals surface area (Å²) in [5.74, 6) is -0.406. The Morgan fingerprint density at radius 1 is 1.29 bits per heavy atom. The van der Waals surface area contributed by atoms with Crippen molar-refractivity contribution in [3.05, 3.63) is 35.9 Å². The molecule has 1 aliphatic rings. The van der Waals surface area contributed by atoms with Crippen LogP contribution in [0.4, 0.5) is 0 Å². The quantitative estimate of drug-likeness (QED) is 0.866. The number of benzene rings is 1. The Kier molecular flexibility index (Phi) is 4.47. The minimum atomic E-state index is -0.818. The van der Waals surface area contributed by atoms with Gasteiger partial charge in [-0.15, -0.1) is 0 Å². The highest BCUT2D eigenvalue weighted by atomic mass is 16.5. The van der Waals surface area contributed by atoms with Crippen molar-refractivity contribution >= 4 is 11.8 Å². The fourth-order valence-corrected chi connectivity index (χ4v) is 2.90. The molecular weight excluding hydrogens is 266 g/mol. The van der Waals surface area contributed by atoms with E-state index < -0.39 is 5.54 Å². The van der Waals surface area contributed by atoms with Crippen LogP contribution in [-0.2, 0) is 14.3 Å². The van der Waals surface area contributed by atoms with Gasteiger partial charge in [-0.3, -0.25) is 14.9 Å². The van der Waals surface area contributed by atoms with Crippen LogP contribution in [0.3, 0.4) is 0 Å². The summed E-state index contributed by atoms with van der Waals surface area (Å²) < 4.78 is 5.34. The average Bonchev–Trinajstić information content (AvgIpc) is 2.79. The molecule has 3 atom stereocenters. The van der Waals surface area contributed by atoms with E-state index in [0.717, 1.165) is 5.56 Å². The van der Waals surface area contributed by atoms with Crippen LogP contribution >= 0.6 is 0 Å². The van der Waals surface area contributed by atoms with Crippen molar-refractivity contribution in [1.82, 2.24) is 5.32 Å². The van der Waals surface area contributed by atoms with Gasteiger partial charge in [-0.2, -0.15) is 0 Å². The molecular formula is C17H23NO3. The molecule has 1 aromatic carbocycles. The second kappa shape index (κ2) is 5.98. The van der Waals surface area contributed by atoms with Crippen LogP contribution in [-0.4, -0.2) is 23.4 Å². The van der Waals surface area contributed by atoms with E-state index in [9.17, 15) is 9.59 Å². The van der Waals surface area contributed by atoms with Crippen molar-refractivity contribution in [2.45, 2.75) is 51.8 Å². The van der Waals surface area contributed by atoms with Gasteiger partial charge < -0.3 is 4.74 Å². The first-order chi connectivity index (χ1) is 9.83. The maximum absolute atomic E-state index is 12.3. The number of esters is 1. The van der Waals surface area contributed by atoms with Crippen LogP contribution < -0.4 is 5.32 Å². The molecule has 0 aromatic heterocycles. The highest BCUT2D eigenvalue weighted by molar-refractivity contribution is 5.86. The second-order valence-corrected chi connectivity index (χ2v) is 6.24. The van der Waals surface area contributed by atoms with Gasteiger partial charge in [-0.1, -0.05) is 30.3 Å². The molecule has 0 spiro atoms. The van der Waals surface area contributed by atoms with Crippen LogP contribution in [0.15, 0.2) is 30.3 Å². The van der Waals surface area contributed by atoms with Crippen LogP contribution in [0.25, 0.3) is 0 Å². The molecule has 1 aromatic rings. The monoisotopic (exact) mass is 289 g/mol. The van der Waals surface area contributed by atoms with E-state index in [2.05, 4.69) is 5.32 Å². The highest BCUT2D eigenvalue weighted by Crippen LogP contribution is 2.39. The summed E-state index contributed by atoms with van der Waals surface area (Å²) in [6.07, 6.45) is 0.302.